The first-order chi connectivity index (χ1) is 11.3. The van der Waals surface area contributed by atoms with Gasteiger partial charge in [-0.05, 0) is 29.9 Å². The summed E-state index contributed by atoms with van der Waals surface area (Å²) in [5.41, 5.74) is 2.25. The highest BCUT2D eigenvalue weighted by molar-refractivity contribution is 5.89. The van der Waals surface area contributed by atoms with Crippen LogP contribution in [0.15, 0.2) is 42.6 Å². The van der Waals surface area contributed by atoms with Crippen molar-refractivity contribution >= 4 is 16.8 Å². The molecule has 23 heavy (non-hydrogen) atoms. The SMILES string of the molecule is CCC1CC2C=CC3C2N(C(=O)Cc2c[nH]c4ccccc24)C13. The lowest BCUT2D eigenvalue weighted by Gasteiger charge is -2.61. The van der Waals surface area contributed by atoms with E-state index in [1.807, 2.05) is 18.3 Å². The molecule has 3 heteroatoms. The summed E-state index contributed by atoms with van der Waals surface area (Å²) >= 11 is 0. The molecule has 4 aliphatic rings. The first kappa shape index (κ1) is 13.4. The van der Waals surface area contributed by atoms with Crippen molar-refractivity contribution in [3.05, 3.63) is 48.2 Å². The van der Waals surface area contributed by atoms with E-state index < -0.39 is 0 Å². The number of aromatic nitrogens is 1. The molecule has 5 unspecified atom stereocenters. The van der Waals surface area contributed by atoms with E-state index in [-0.39, 0.29) is 0 Å². The molecule has 3 nitrogen and oxygen atoms in total. The second-order valence-corrected chi connectivity index (χ2v) is 7.35. The number of H-pyrrole nitrogens is 1. The van der Waals surface area contributed by atoms with Crippen molar-refractivity contribution < 1.29 is 4.79 Å². The van der Waals surface area contributed by atoms with Gasteiger partial charge in [0.25, 0.3) is 0 Å². The van der Waals surface area contributed by atoms with E-state index in [0.29, 0.717) is 42.2 Å². The second-order valence-electron chi connectivity index (χ2n) is 7.35. The van der Waals surface area contributed by atoms with Gasteiger partial charge in [0.2, 0.25) is 5.91 Å². The molecule has 5 atom stereocenters. The van der Waals surface area contributed by atoms with Crippen molar-refractivity contribution in [2.45, 2.75) is 38.3 Å². The number of para-hydroxylation sites is 1. The molecule has 2 aromatic rings. The molecule has 1 aromatic heterocycles. The van der Waals surface area contributed by atoms with Crippen LogP contribution in [0, 0.1) is 17.8 Å². The number of benzene rings is 1. The van der Waals surface area contributed by atoms with Crippen LogP contribution in [0.2, 0.25) is 0 Å². The van der Waals surface area contributed by atoms with Gasteiger partial charge in [-0.1, -0.05) is 43.7 Å². The summed E-state index contributed by atoms with van der Waals surface area (Å²) < 4.78 is 0. The predicted octanol–water partition coefficient (Wildman–Crippen LogP) is 3.52. The molecular weight excluding hydrogens is 284 g/mol. The van der Waals surface area contributed by atoms with E-state index in [1.165, 1.54) is 18.2 Å². The van der Waals surface area contributed by atoms with E-state index in [4.69, 9.17) is 0 Å². The Labute approximate surface area is 136 Å². The molecule has 118 valence electrons. The Hall–Kier alpha value is -2.03. The van der Waals surface area contributed by atoms with Gasteiger partial charge >= 0.3 is 0 Å². The standard InChI is InChI=1S/C20H22N2O/c1-2-12-9-13-7-8-16-19(12)22(20(13)16)18(23)10-14-11-21-17-6-4-3-5-15(14)17/h3-8,11-13,16,19-21H,2,9-10H2,1H3. The van der Waals surface area contributed by atoms with Gasteiger partial charge < -0.3 is 9.88 Å². The van der Waals surface area contributed by atoms with Crippen LogP contribution in [0.3, 0.4) is 0 Å². The molecular formula is C20H22N2O. The predicted molar refractivity (Wildman–Crippen MR) is 90.9 cm³/mol. The van der Waals surface area contributed by atoms with Crippen molar-refractivity contribution in [3.8, 4) is 0 Å². The molecule has 6 rings (SSSR count). The highest BCUT2D eigenvalue weighted by Gasteiger charge is 2.60. The van der Waals surface area contributed by atoms with E-state index in [0.717, 1.165) is 11.1 Å². The zero-order valence-electron chi connectivity index (χ0n) is 13.4. The van der Waals surface area contributed by atoms with Crippen molar-refractivity contribution in [1.29, 1.82) is 0 Å². The van der Waals surface area contributed by atoms with E-state index in [2.05, 4.69) is 41.1 Å². The maximum atomic E-state index is 13.0. The van der Waals surface area contributed by atoms with Crippen LogP contribution >= 0.6 is 0 Å². The fourth-order valence-electron chi connectivity index (χ4n) is 5.30. The molecule has 3 fully saturated rings. The Kier molecular flexibility index (Phi) is 2.76. The number of aromatic amines is 1. The first-order valence-corrected chi connectivity index (χ1v) is 8.82. The molecule has 2 aliphatic carbocycles. The average Bonchev–Trinajstić information content (AvgIpc) is 3.07. The third kappa shape index (κ3) is 1.73. The molecule has 0 radical (unpaired) electrons. The number of hydrogen-bond acceptors (Lipinski definition) is 1. The van der Waals surface area contributed by atoms with Crippen LogP contribution in [-0.4, -0.2) is 27.9 Å². The van der Waals surface area contributed by atoms with Gasteiger partial charge in [0.05, 0.1) is 6.42 Å². The lowest BCUT2D eigenvalue weighted by Crippen LogP contribution is -2.71. The summed E-state index contributed by atoms with van der Waals surface area (Å²) in [4.78, 5) is 18.5. The first-order valence-electron chi connectivity index (χ1n) is 8.82. The third-order valence-electron chi connectivity index (χ3n) is 6.34. The van der Waals surface area contributed by atoms with Crippen LogP contribution in [0.25, 0.3) is 10.9 Å². The van der Waals surface area contributed by atoms with Gasteiger partial charge in [-0.2, -0.15) is 0 Å². The number of nitrogens with one attached hydrogen (secondary N) is 1. The lowest BCUT2D eigenvalue weighted by molar-refractivity contribution is -0.166. The smallest absolute Gasteiger partial charge is 0.227 e. The topological polar surface area (TPSA) is 36.1 Å². The number of piperidine rings is 1. The Morgan fingerprint density at radius 2 is 2.13 bits per heavy atom. The summed E-state index contributed by atoms with van der Waals surface area (Å²) in [6.07, 6.45) is 9.73. The van der Waals surface area contributed by atoms with Gasteiger partial charge in [0, 0.05) is 35.1 Å². The lowest BCUT2D eigenvalue weighted by atomic mass is 9.63. The monoisotopic (exact) mass is 306 g/mol. The van der Waals surface area contributed by atoms with Gasteiger partial charge in [-0.15, -0.1) is 0 Å². The normalized spacial score (nSPS) is 34.0. The summed E-state index contributed by atoms with van der Waals surface area (Å²) in [5, 5.41) is 1.18. The molecule has 2 saturated heterocycles. The van der Waals surface area contributed by atoms with Crippen LogP contribution in [0.1, 0.15) is 25.3 Å². The molecule has 2 aliphatic heterocycles. The van der Waals surface area contributed by atoms with Gasteiger partial charge in [0.15, 0.2) is 0 Å². The van der Waals surface area contributed by atoms with Crippen LogP contribution < -0.4 is 0 Å². The largest absolute Gasteiger partial charge is 0.361 e. The number of rotatable bonds is 3. The number of fused-ring (bicyclic) bond motifs is 2. The maximum absolute atomic E-state index is 13.0. The zero-order chi connectivity index (χ0) is 15.6. The van der Waals surface area contributed by atoms with Gasteiger partial charge in [0.1, 0.15) is 0 Å². The third-order valence-corrected chi connectivity index (χ3v) is 6.34. The Morgan fingerprint density at radius 1 is 1.26 bits per heavy atom. The number of carbonyl (C=O) groups excluding carboxylic acids is 1. The number of carbonyl (C=O) groups is 1. The fraction of sp³-hybridized carbons (Fsp3) is 0.450. The van der Waals surface area contributed by atoms with Crippen molar-refractivity contribution in [3.63, 3.8) is 0 Å². The summed E-state index contributed by atoms with van der Waals surface area (Å²) in [7, 11) is 0. The Morgan fingerprint density at radius 3 is 2.96 bits per heavy atom. The minimum absolute atomic E-state index is 0.313. The quantitative estimate of drug-likeness (QED) is 0.865. The molecule has 1 amide bonds. The Bertz CT molecular complexity index is 797. The van der Waals surface area contributed by atoms with Crippen LogP contribution in [0.5, 0.6) is 0 Å². The van der Waals surface area contributed by atoms with Crippen LogP contribution in [-0.2, 0) is 11.2 Å². The van der Waals surface area contributed by atoms with E-state index in [9.17, 15) is 4.79 Å². The highest BCUT2D eigenvalue weighted by Crippen LogP contribution is 2.55. The Balaban J connectivity index is 1.42. The molecule has 1 N–H and O–H groups in total. The number of hydrogen-bond donors (Lipinski definition) is 1. The minimum Gasteiger partial charge on any atom is -0.361 e. The highest BCUT2D eigenvalue weighted by atomic mass is 16.2. The number of nitrogens with zero attached hydrogens (tertiary/aromatic N) is 1. The maximum Gasteiger partial charge on any atom is 0.227 e. The van der Waals surface area contributed by atoms with E-state index >= 15 is 0 Å². The minimum atomic E-state index is 0.313. The summed E-state index contributed by atoms with van der Waals surface area (Å²) in [6, 6.07) is 9.15. The van der Waals surface area contributed by atoms with Gasteiger partial charge in [-0.25, -0.2) is 0 Å². The summed E-state index contributed by atoms with van der Waals surface area (Å²) in [5.74, 6) is 2.22. The molecule has 1 saturated carbocycles. The molecule has 1 aromatic carbocycles. The van der Waals surface area contributed by atoms with Gasteiger partial charge in [-0.3, -0.25) is 4.79 Å². The van der Waals surface area contributed by atoms with Crippen molar-refractivity contribution in [2.24, 2.45) is 17.8 Å². The molecule has 3 heterocycles. The van der Waals surface area contributed by atoms with Crippen LogP contribution in [0.4, 0.5) is 0 Å². The zero-order valence-corrected chi connectivity index (χ0v) is 13.4. The van der Waals surface area contributed by atoms with Crippen molar-refractivity contribution in [1.82, 2.24) is 9.88 Å². The van der Waals surface area contributed by atoms with E-state index in [1.54, 1.807) is 0 Å². The second kappa shape index (κ2) is 4.73. The fourth-order valence-corrected chi connectivity index (χ4v) is 5.30. The number of amides is 1. The van der Waals surface area contributed by atoms with Crippen molar-refractivity contribution in [2.75, 3.05) is 0 Å². The molecule has 0 spiro atoms. The average molecular weight is 306 g/mol. The molecule has 4 bridgehead atoms. The summed E-state index contributed by atoms with van der Waals surface area (Å²) in [6.45, 7) is 2.27.